The number of halogens is 1. The summed E-state index contributed by atoms with van der Waals surface area (Å²) in [6.45, 7) is 2.72. The summed E-state index contributed by atoms with van der Waals surface area (Å²) < 4.78 is 0. The highest BCUT2D eigenvalue weighted by Gasteiger charge is 2.11. The van der Waals surface area contributed by atoms with E-state index in [1.165, 1.54) is 5.56 Å². The normalized spacial score (nSPS) is 11.9. The van der Waals surface area contributed by atoms with Gasteiger partial charge in [-0.25, -0.2) is 0 Å². The number of aryl methyl sites for hydroxylation is 1. The van der Waals surface area contributed by atoms with Gasteiger partial charge in [-0.2, -0.15) is 0 Å². The van der Waals surface area contributed by atoms with E-state index in [2.05, 4.69) is 27.9 Å². The number of guanidine groups is 1. The molecule has 2 aromatic rings. The van der Waals surface area contributed by atoms with Crippen LogP contribution in [0.3, 0.4) is 0 Å². The van der Waals surface area contributed by atoms with Crippen LogP contribution >= 0.6 is 24.0 Å². The topological polar surface area (TPSA) is 85.8 Å². The lowest BCUT2D eigenvalue weighted by Crippen LogP contribution is -2.43. The molecular weight excluding hydrogens is 467 g/mol. The van der Waals surface area contributed by atoms with Crippen molar-refractivity contribution in [2.45, 2.75) is 19.3 Å². The maximum atomic E-state index is 12.2. The second-order valence-electron chi connectivity index (χ2n) is 6.20. The van der Waals surface area contributed by atoms with E-state index in [1.54, 1.807) is 7.05 Å². The maximum Gasteiger partial charge on any atom is 0.243 e. The molecule has 0 heterocycles. The Morgan fingerprint density at radius 2 is 1.86 bits per heavy atom. The van der Waals surface area contributed by atoms with Crippen molar-refractivity contribution in [2.75, 3.05) is 32.1 Å². The molecular formula is C21H29IN4O2. The summed E-state index contributed by atoms with van der Waals surface area (Å²) in [6.07, 6.45) is 0.923. The highest BCUT2D eigenvalue weighted by molar-refractivity contribution is 14.0. The molecule has 2 aromatic carbocycles. The summed E-state index contributed by atoms with van der Waals surface area (Å²) in [5.41, 5.74) is 3.01. The van der Waals surface area contributed by atoms with E-state index in [0.717, 1.165) is 17.7 Å². The predicted octanol–water partition coefficient (Wildman–Crippen LogP) is 2.75. The molecule has 7 heteroatoms. The number of anilines is 1. The molecule has 0 saturated heterocycles. The molecule has 0 aromatic heterocycles. The van der Waals surface area contributed by atoms with Gasteiger partial charge in [0.1, 0.15) is 0 Å². The van der Waals surface area contributed by atoms with Crippen molar-refractivity contribution in [3.05, 3.63) is 65.7 Å². The summed E-state index contributed by atoms with van der Waals surface area (Å²) in [5, 5.41) is 18.6. The van der Waals surface area contributed by atoms with Gasteiger partial charge >= 0.3 is 0 Å². The van der Waals surface area contributed by atoms with E-state index < -0.39 is 0 Å². The van der Waals surface area contributed by atoms with E-state index in [0.29, 0.717) is 12.5 Å². The predicted molar refractivity (Wildman–Crippen MR) is 125 cm³/mol. The molecule has 1 unspecified atom stereocenters. The third-order valence-corrected chi connectivity index (χ3v) is 4.27. The number of aliphatic imine (C=N–C) groups is 1. The van der Waals surface area contributed by atoms with Crippen LogP contribution in [0.4, 0.5) is 5.69 Å². The summed E-state index contributed by atoms with van der Waals surface area (Å²) in [5.74, 6) is 0.324. The van der Waals surface area contributed by atoms with Gasteiger partial charge < -0.3 is 21.1 Å². The number of carbonyl (C=O) groups is 1. The Hall–Kier alpha value is -2.13. The standard InChI is InChI=1S/C21H28N4O2.HI/c1-3-16-8-7-11-19(12-16)25-20(27)14-24-21(22-2)23-13-18(15-26)17-9-5-4-6-10-17;/h4-12,18,26H,3,13-15H2,1-2H3,(H,25,27)(H2,22,23,24);1H. The van der Waals surface area contributed by atoms with Crippen molar-refractivity contribution in [3.63, 3.8) is 0 Å². The lowest BCUT2D eigenvalue weighted by atomic mass is 10.0. The van der Waals surface area contributed by atoms with Crippen LogP contribution in [0.25, 0.3) is 0 Å². The van der Waals surface area contributed by atoms with Gasteiger partial charge in [0, 0.05) is 25.2 Å². The first kappa shape index (κ1) is 23.9. The van der Waals surface area contributed by atoms with Crippen molar-refractivity contribution >= 4 is 41.5 Å². The van der Waals surface area contributed by atoms with Gasteiger partial charge in [0.15, 0.2) is 5.96 Å². The number of aliphatic hydroxyl groups is 1. The summed E-state index contributed by atoms with van der Waals surface area (Å²) in [4.78, 5) is 16.3. The van der Waals surface area contributed by atoms with Crippen molar-refractivity contribution in [2.24, 2.45) is 4.99 Å². The maximum absolute atomic E-state index is 12.2. The number of amides is 1. The monoisotopic (exact) mass is 496 g/mol. The van der Waals surface area contributed by atoms with Crippen LogP contribution in [0, 0.1) is 0 Å². The van der Waals surface area contributed by atoms with E-state index in [9.17, 15) is 9.90 Å². The lowest BCUT2D eigenvalue weighted by molar-refractivity contribution is -0.115. The number of rotatable bonds is 8. The highest BCUT2D eigenvalue weighted by Crippen LogP contribution is 2.13. The smallest absolute Gasteiger partial charge is 0.243 e. The molecule has 0 spiro atoms. The van der Waals surface area contributed by atoms with Crippen LogP contribution in [0.5, 0.6) is 0 Å². The summed E-state index contributed by atoms with van der Waals surface area (Å²) in [7, 11) is 1.65. The van der Waals surface area contributed by atoms with Gasteiger partial charge in [0.2, 0.25) is 5.91 Å². The number of hydrogen-bond acceptors (Lipinski definition) is 3. The van der Waals surface area contributed by atoms with Gasteiger partial charge in [-0.05, 0) is 29.7 Å². The van der Waals surface area contributed by atoms with Crippen LogP contribution < -0.4 is 16.0 Å². The van der Waals surface area contributed by atoms with Crippen molar-refractivity contribution in [1.29, 1.82) is 0 Å². The third-order valence-electron chi connectivity index (χ3n) is 4.27. The fourth-order valence-corrected chi connectivity index (χ4v) is 2.69. The lowest BCUT2D eigenvalue weighted by Gasteiger charge is -2.18. The van der Waals surface area contributed by atoms with Crippen LogP contribution in [0.2, 0.25) is 0 Å². The van der Waals surface area contributed by atoms with Crippen LogP contribution in [-0.4, -0.2) is 43.7 Å². The van der Waals surface area contributed by atoms with Gasteiger partial charge in [0.05, 0.1) is 13.2 Å². The fraction of sp³-hybridized carbons (Fsp3) is 0.333. The Labute approximate surface area is 183 Å². The second kappa shape index (κ2) is 13.1. The molecule has 0 radical (unpaired) electrons. The fourth-order valence-electron chi connectivity index (χ4n) is 2.69. The number of nitrogens with one attached hydrogen (secondary N) is 3. The molecule has 2 rings (SSSR count). The minimum atomic E-state index is -0.145. The van der Waals surface area contributed by atoms with E-state index >= 15 is 0 Å². The Kier molecular flexibility index (Phi) is 11.2. The van der Waals surface area contributed by atoms with E-state index in [-0.39, 0.29) is 49.0 Å². The number of benzene rings is 2. The number of nitrogens with zero attached hydrogens (tertiary/aromatic N) is 1. The molecule has 6 nitrogen and oxygen atoms in total. The Balaban J connectivity index is 0.00000392. The van der Waals surface area contributed by atoms with Gasteiger partial charge in [-0.15, -0.1) is 24.0 Å². The van der Waals surface area contributed by atoms with Crippen LogP contribution in [0.15, 0.2) is 59.6 Å². The molecule has 4 N–H and O–H groups in total. The number of carbonyl (C=O) groups excluding carboxylic acids is 1. The quantitative estimate of drug-likeness (QED) is 0.257. The molecule has 0 aliphatic heterocycles. The Morgan fingerprint density at radius 1 is 1.11 bits per heavy atom. The zero-order valence-electron chi connectivity index (χ0n) is 16.3. The molecule has 0 aliphatic rings. The molecule has 28 heavy (non-hydrogen) atoms. The van der Waals surface area contributed by atoms with Crippen molar-refractivity contribution < 1.29 is 9.90 Å². The molecule has 0 fully saturated rings. The zero-order chi connectivity index (χ0) is 19.5. The van der Waals surface area contributed by atoms with Gasteiger partial charge in [-0.1, -0.05) is 49.4 Å². The molecule has 152 valence electrons. The van der Waals surface area contributed by atoms with Crippen molar-refractivity contribution in [3.8, 4) is 0 Å². The Bertz CT molecular complexity index is 753. The van der Waals surface area contributed by atoms with Crippen LogP contribution in [-0.2, 0) is 11.2 Å². The van der Waals surface area contributed by atoms with Gasteiger partial charge in [0.25, 0.3) is 0 Å². The molecule has 1 amide bonds. The average molecular weight is 496 g/mol. The average Bonchev–Trinajstić information content (AvgIpc) is 2.71. The second-order valence-corrected chi connectivity index (χ2v) is 6.20. The highest BCUT2D eigenvalue weighted by atomic mass is 127. The molecule has 0 bridgehead atoms. The minimum Gasteiger partial charge on any atom is -0.396 e. The minimum absolute atomic E-state index is 0. The summed E-state index contributed by atoms with van der Waals surface area (Å²) >= 11 is 0. The zero-order valence-corrected chi connectivity index (χ0v) is 18.6. The first-order chi connectivity index (χ1) is 13.2. The Morgan fingerprint density at radius 3 is 2.50 bits per heavy atom. The third kappa shape index (κ3) is 7.85. The SMILES string of the molecule is CCc1cccc(NC(=O)CNC(=NC)NCC(CO)c2ccccc2)c1.I. The first-order valence-corrected chi connectivity index (χ1v) is 9.15. The first-order valence-electron chi connectivity index (χ1n) is 9.15. The number of hydrogen-bond donors (Lipinski definition) is 4. The van der Waals surface area contributed by atoms with Gasteiger partial charge in [-0.3, -0.25) is 9.79 Å². The summed E-state index contributed by atoms with van der Waals surface area (Å²) in [6, 6.07) is 17.6. The largest absolute Gasteiger partial charge is 0.396 e. The molecule has 0 aliphatic carbocycles. The molecule has 1 atom stereocenters. The van der Waals surface area contributed by atoms with E-state index in [4.69, 9.17) is 0 Å². The number of aliphatic hydroxyl groups excluding tert-OH is 1. The van der Waals surface area contributed by atoms with E-state index in [1.807, 2.05) is 54.6 Å². The van der Waals surface area contributed by atoms with Crippen molar-refractivity contribution in [1.82, 2.24) is 10.6 Å². The van der Waals surface area contributed by atoms with Crippen LogP contribution in [0.1, 0.15) is 24.0 Å². The molecule has 0 saturated carbocycles.